The molecule has 0 saturated heterocycles. The van der Waals surface area contributed by atoms with Gasteiger partial charge in [-0.25, -0.2) is 8.78 Å². The number of nitrogens with one attached hydrogen (secondary N) is 1. The molecule has 1 atom stereocenters. The molecule has 3 rings (SSSR count). The van der Waals surface area contributed by atoms with Gasteiger partial charge >= 0.3 is 0 Å². The van der Waals surface area contributed by atoms with Crippen LogP contribution < -0.4 is 5.32 Å². The number of halogens is 2. The van der Waals surface area contributed by atoms with Gasteiger partial charge in [-0.05, 0) is 43.3 Å². The summed E-state index contributed by atoms with van der Waals surface area (Å²) < 4.78 is 32.0. The molecule has 0 saturated carbocycles. The van der Waals surface area contributed by atoms with Crippen molar-refractivity contribution >= 4 is 23.4 Å². The zero-order valence-electron chi connectivity index (χ0n) is 13.1. The van der Waals surface area contributed by atoms with Crippen molar-refractivity contribution in [3.63, 3.8) is 0 Å². The second kappa shape index (κ2) is 7.43. The van der Waals surface area contributed by atoms with E-state index in [1.54, 1.807) is 19.1 Å². The first-order valence-corrected chi connectivity index (χ1v) is 8.22. The van der Waals surface area contributed by atoms with E-state index in [1.807, 2.05) is 0 Å². The molecule has 1 aromatic heterocycles. The molecule has 1 heterocycles. The molecule has 0 aliphatic carbocycles. The van der Waals surface area contributed by atoms with E-state index < -0.39 is 17.0 Å². The number of thioether (sulfide) groups is 1. The third-order valence-electron chi connectivity index (χ3n) is 3.28. The molecule has 25 heavy (non-hydrogen) atoms. The Balaban J connectivity index is 1.65. The second-order valence-corrected chi connectivity index (χ2v) is 6.40. The maximum absolute atomic E-state index is 13.6. The standard InChI is InChI=1S/C17H13F2N3O2S/c1-10(15(23)20-14-5-3-2-4-13(14)19)25-17-22-21-16(24-17)11-6-8-12(18)9-7-11/h2-10H,1H3,(H,20,23)/t10-/m1/s1. The number of nitrogens with zero attached hydrogens (tertiary/aromatic N) is 2. The van der Waals surface area contributed by atoms with Crippen molar-refractivity contribution in [1.82, 2.24) is 10.2 Å². The summed E-state index contributed by atoms with van der Waals surface area (Å²) >= 11 is 1.05. The number of rotatable bonds is 5. The van der Waals surface area contributed by atoms with Crippen molar-refractivity contribution in [1.29, 1.82) is 0 Å². The highest BCUT2D eigenvalue weighted by Crippen LogP contribution is 2.27. The third kappa shape index (κ3) is 4.21. The van der Waals surface area contributed by atoms with Gasteiger partial charge in [-0.1, -0.05) is 23.9 Å². The summed E-state index contributed by atoms with van der Waals surface area (Å²) in [6.45, 7) is 1.64. The van der Waals surface area contributed by atoms with Gasteiger partial charge in [0.25, 0.3) is 5.22 Å². The number of amides is 1. The Morgan fingerprint density at radius 2 is 1.84 bits per heavy atom. The molecule has 5 nitrogen and oxygen atoms in total. The van der Waals surface area contributed by atoms with Crippen LogP contribution in [0.1, 0.15) is 6.92 Å². The molecule has 0 spiro atoms. The predicted molar refractivity (Wildman–Crippen MR) is 90.0 cm³/mol. The summed E-state index contributed by atoms with van der Waals surface area (Å²) in [5, 5.41) is 9.85. The highest BCUT2D eigenvalue weighted by atomic mass is 32.2. The molecule has 0 aliphatic heterocycles. The fraction of sp³-hybridized carbons (Fsp3) is 0.118. The van der Waals surface area contributed by atoms with Crippen LogP contribution in [-0.2, 0) is 4.79 Å². The topological polar surface area (TPSA) is 68.0 Å². The summed E-state index contributed by atoms with van der Waals surface area (Å²) in [6.07, 6.45) is 0. The van der Waals surface area contributed by atoms with Crippen molar-refractivity contribution in [2.75, 3.05) is 5.32 Å². The van der Waals surface area contributed by atoms with Crippen LogP contribution in [0.15, 0.2) is 58.2 Å². The van der Waals surface area contributed by atoms with Crippen molar-refractivity contribution in [2.45, 2.75) is 17.4 Å². The van der Waals surface area contributed by atoms with Crippen LogP contribution in [0.4, 0.5) is 14.5 Å². The third-order valence-corrected chi connectivity index (χ3v) is 4.21. The summed E-state index contributed by atoms with van der Waals surface area (Å²) in [7, 11) is 0. The quantitative estimate of drug-likeness (QED) is 0.692. The number of aromatic nitrogens is 2. The molecule has 0 fully saturated rings. The van der Waals surface area contributed by atoms with Crippen molar-refractivity contribution in [2.24, 2.45) is 0 Å². The fourth-order valence-corrected chi connectivity index (χ4v) is 2.65. The van der Waals surface area contributed by atoms with E-state index in [4.69, 9.17) is 4.42 Å². The van der Waals surface area contributed by atoms with Gasteiger partial charge in [0.05, 0.1) is 10.9 Å². The molecule has 0 unspecified atom stereocenters. The van der Waals surface area contributed by atoms with E-state index >= 15 is 0 Å². The maximum atomic E-state index is 13.6. The number of anilines is 1. The zero-order valence-corrected chi connectivity index (χ0v) is 13.9. The predicted octanol–water partition coefficient (Wildman–Crippen LogP) is 4.13. The van der Waals surface area contributed by atoms with Crippen molar-refractivity contribution in [3.8, 4) is 11.5 Å². The minimum absolute atomic E-state index is 0.109. The van der Waals surface area contributed by atoms with Crippen molar-refractivity contribution < 1.29 is 18.0 Å². The van der Waals surface area contributed by atoms with Gasteiger partial charge in [0.1, 0.15) is 11.6 Å². The fourth-order valence-electron chi connectivity index (χ4n) is 1.97. The van der Waals surface area contributed by atoms with Gasteiger partial charge in [-0.15, -0.1) is 10.2 Å². The molecule has 0 aliphatic rings. The Bertz CT molecular complexity index is 884. The molecule has 1 N–H and O–H groups in total. The van der Waals surface area contributed by atoms with Gasteiger partial charge in [0, 0.05) is 5.56 Å². The molecule has 8 heteroatoms. The lowest BCUT2D eigenvalue weighted by molar-refractivity contribution is -0.115. The smallest absolute Gasteiger partial charge is 0.277 e. The number of para-hydroxylation sites is 1. The lowest BCUT2D eigenvalue weighted by Crippen LogP contribution is -2.22. The van der Waals surface area contributed by atoms with E-state index in [-0.39, 0.29) is 22.6 Å². The number of carbonyl (C=O) groups excluding carboxylic acids is 1. The Morgan fingerprint density at radius 3 is 2.56 bits per heavy atom. The van der Waals surface area contributed by atoms with Gasteiger partial charge in [-0.3, -0.25) is 4.79 Å². The largest absolute Gasteiger partial charge is 0.411 e. The highest BCUT2D eigenvalue weighted by Gasteiger charge is 2.19. The number of hydrogen-bond donors (Lipinski definition) is 1. The van der Waals surface area contributed by atoms with E-state index in [1.165, 1.54) is 36.4 Å². The van der Waals surface area contributed by atoms with Crippen LogP contribution >= 0.6 is 11.8 Å². The summed E-state index contributed by atoms with van der Waals surface area (Å²) in [5.41, 5.74) is 0.682. The van der Waals surface area contributed by atoms with Crippen LogP contribution in [0.3, 0.4) is 0 Å². The van der Waals surface area contributed by atoms with Crippen molar-refractivity contribution in [3.05, 3.63) is 60.2 Å². The first-order valence-electron chi connectivity index (χ1n) is 7.34. The average molecular weight is 361 g/mol. The molecule has 128 valence electrons. The Kier molecular flexibility index (Phi) is 5.08. The normalized spacial score (nSPS) is 12.0. The van der Waals surface area contributed by atoms with E-state index in [0.29, 0.717) is 5.56 Å². The molecular formula is C17H13F2N3O2S. The van der Waals surface area contributed by atoms with Gasteiger partial charge in [-0.2, -0.15) is 0 Å². The summed E-state index contributed by atoms with van der Waals surface area (Å²) in [4.78, 5) is 12.2. The Hall–Kier alpha value is -2.74. The molecule has 0 radical (unpaired) electrons. The van der Waals surface area contributed by atoms with E-state index in [2.05, 4.69) is 15.5 Å². The van der Waals surface area contributed by atoms with Crippen LogP contribution in [0, 0.1) is 11.6 Å². The lowest BCUT2D eigenvalue weighted by atomic mass is 10.2. The number of hydrogen-bond acceptors (Lipinski definition) is 5. The number of benzene rings is 2. The first-order chi connectivity index (χ1) is 12.0. The lowest BCUT2D eigenvalue weighted by Gasteiger charge is -2.10. The van der Waals surface area contributed by atoms with Crippen LogP contribution in [0.25, 0.3) is 11.5 Å². The van der Waals surface area contributed by atoms with Crippen LogP contribution in [-0.4, -0.2) is 21.4 Å². The SMILES string of the molecule is C[C@@H](Sc1nnc(-c2ccc(F)cc2)o1)C(=O)Nc1ccccc1F. The minimum Gasteiger partial charge on any atom is -0.411 e. The molecule has 1 amide bonds. The van der Waals surface area contributed by atoms with Gasteiger partial charge in [0.15, 0.2) is 0 Å². The summed E-state index contributed by atoms with van der Waals surface area (Å²) in [6, 6.07) is 11.5. The van der Waals surface area contributed by atoms with E-state index in [9.17, 15) is 13.6 Å². The van der Waals surface area contributed by atoms with Gasteiger partial charge < -0.3 is 9.73 Å². The van der Waals surface area contributed by atoms with Gasteiger partial charge in [0.2, 0.25) is 11.8 Å². The Labute approximate surface area is 146 Å². The summed E-state index contributed by atoms with van der Waals surface area (Å²) in [5.74, 6) is -1.04. The molecule has 3 aromatic rings. The molecular weight excluding hydrogens is 348 g/mol. The van der Waals surface area contributed by atoms with E-state index in [0.717, 1.165) is 11.8 Å². The number of carbonyl (C=O) groups is 1. The Morgan fingerprint density at radius 1 is 1.12 bits per heavy atom. The second-order valence-electron chi connectivity index (χ2n) is 5.11. The average Bonchev–Trinajstić information content (AvgIpc) is 3.06. The molecule has 0 bridgehead atoms. The monoisotopic (exact) mass is 361 g/mol. The van der Waals surface area contributed by atoms with Crippen LogP contribution in [0.2, 0.25) is 0 Å². The first kappa shape index (κ1) is 17.1. The maximum Gasteiger partial charge on any atom is 0.277 e. The molecule has 2 aromatic carbocycles. The van der Waals surface area contributed by atoms with Crippen LogP contribution in [0.5, 0.6) is 0 Å². The minimum atomic E-state index is -0.582. The highest BCUT2D eigenvalue weighted by molar-refractivity contribution is 8.00. The zero-order chi connectivity index (χ0) is 17.8.